The summed E-state index contributed by atoms with van der Waals surface area (Å²) in [6.45, 7) is 11.9. The summed E-state index contributed by atoms with van der Waals surface area (Å²) in [5.41, 5.74) is 1.08. The number of fused-ring (bicyclic) bond motifs is 5. The van der Waals surface area contributed by atoms with E-state index in [0.29, 0.717) is 23.8 Å². The van der Waals surface area contributed by atoms with E-state index in [9.17, 15) is 14.7 Å². The normalized spacial score (nSPS) is 38.7. The summed E-state index contributed by atoms with van der Waals surface area (Å²) in [6.07, 6.45) is 16.9. The quantitative estimate of drug-likeness (QED) is 0.349. The van der Waals surface area contributed by atoms with Crippen LogP contribution in [-0.4, -0.2) is 36.1 Å². The molecule has 5 heteroatoms. The fourth-order valence-corrected chi connectivity index (χ4v) is 9.18. The number of rotatable bonds is 9. The SMILES string of the molecule is CC.CCNC(CNC(=O)CCCC1CCC2C3CCC4CCCCC4(C)C3CCC12C)C(=O)O. The van der Waals surface area contributed by atoms with E-state index in [-0.39, 0.29) is 12.5 Å². The second-order valence-corrected chi connectivity index (χ2v) is 12.4. The lowest BCUT2D eigenvalue weighted by atomic mass is 9.45. The first-order valence-corrected chi connectivity index (χ1v) is 15.0. The third-order valence-corrected chi connectivity index (χ3v) is 11.0. The first kappa shape index (κ1) is 28.5. The summed E-state index contributed by atoms with van der Waals surface area (Å²) in [4.78, 5) is 23.6. The molecule has 0 aromatic carbocycles. The van der Waals surface area contributed by atoms with Crippen molar-refractivity contribution in [3.63, 3.8) is 0 Å². The van der Waals surface area contributed by atoms with E-state index >= 15 is 0 Å². The molecule has 0 saturated heterocycles. The van der Waals surface area contributed by atoms with Crippen LogP contribution >= 0.6 is 0 Å². The highest BCUT2D eigenvalue weighted by molar-refractivity contribution is 5.78. The van der Waals surface area contributed by atoms with Crippen molar-refractivity contribution in [3.05, 3.63) is 0 Å². The van der Waals surface area contributed by atoms with E-state index in [2.05, 4.69) is 24.5 Å². The van der Waals surface area contributed by atoms with Gasteiger partial charge in [-0.1, -0.05) is 47.5 Å². The monoisotopic (exact) mass is 490 g/mol. The Hall–Kier alpha value is -1.10. The van der Waals surface area contributed by atoms with Gasteiger partial charge in [0.1, 0.15) is 6.04 Å². The molecule has 0 spiro atoms. The summed E-state index contributed by atoms with van der Waals surface area (Å²) in [5.74, 6) is 3.61. The fourth-order valence-electron chi connectivity index (χ4n) is 9.18. The summed E-state index contributed by atoms with van der Waals surface area (Å²) in [5, 5.41) is 15.0. The van der Waals surface area contributed by atoms with Crippen molar-refractivity contribution in [1.29, 1.82) is 0 Å². The van der Waals surface area contributed by atoms with Gasteiger partial charge < -0.3 is 15.7 Å². The number of amides is 1. The lowest BCUT2D eigenvalue weighted by Crippen LogP contribution is -2.52. The van der Waals surface area contributed by atoms with Crippen molar-refractivity contribution in [3.8, 4) is 0 Å². The third-order valence-electron chi connectivity index (χ3n) is 11.0. The predicted octanol–water partition coefficient (Wildman–Crippen LogP) is 6.41. The molecule has 0 radical (unpaired) electrons. The van der Waals surface area contributed by atoms with E-state index in [4.69, 9.17) is 0 Å². The van der Waals surface area contributed by atoms with Crippen LogP contribution in [0.3, 0.4) is 0 Å². The van der Waals surface area contributed by atoms with Crippen LogP contribution in [0.1, 0.15) is 118 Å². The highest BCUT2D eigenvalue weighted by atomic mass is 16.4. The Balaban J connectivity index is 0.00000167. The number of carbonyl (C=O) groups excluding carboxylic acids is 1. The summed E-state index contributed by atoms with van der Waals surface area (Å²) >= 11 is 0. The van der Waals surface area contributed by atoms with Gasteiger partial charge in [0.15, 0.2) is 0 Å². The van der Waals surface area contributed by atoms with E-state index in [1.165, 1.54) is 64.2 Å². The number of aliphatic carboxylic acids is 1. The van der Waals surface area contributed by atoms with Gasteiger partial charge in [0, 0.05) is 13.0 Å². The predicted molar refractivity (Wildman–Crippen MR) is 143 cm³/mol. The Morgan fingerprint density at radius 1 is 0.943 bits per heavy atom. The van der Waals surface area contributed by atoms with E-state index in [1.54, 1.807) is 0 Å². The Morgan fingerprint density at radius 3 is 2.40 bits per heavy atom. The average Bonchev–Trinajstić information content (AvgIpc) is 3.18. The van der Waals surface area contributed by atoms with Crippen molar-refractivity contribution in [2.75, 3.05) is 13.1 Å². The number of carbonyl (C=O) groups is 2. The van der Waals surface area contributed by atoms with Gasteiger partial charge >= 0.3 is 5.97 Å². The van der Waals surface area contributed by atoms with Crippen molar-refractivity contribution >= 4 is 11.9 Å². The van der Waals surface area contributed by atoms with Gasteiger partial charge in [0.05, 0.1) is 0 Å². The number of carboxylic acid groups (broad SMARTS) is 1. The van der Waals surface area contributed by atoms with Crippen LogP contribution in [0.4, 0.5) is 0 Å². The van der Waals surface area contributed by atoms with E-state index < -0.39 is 12.0 Å². The Morgan fingerprint density at radius 2 is 1.69 bits per heavy atom. The maximum atomic E-state index is 12.3. The molecule has 8 unspecified atom stereocenters. The van der Waals surface area contributed by atoms with E-state index in [1.807, 2.05) is 20.8 Å². The number of carboxylic acids is 1. The molecule has 4 aliphatic carbocycles. The molecule has 0 aromatic rings. The largest absolute Gasteiger partial charge is 0.480 e. The fraction of sp³-hybridized carbons (Fsp3) is 0.933. The minimum absolute atomic E-state index is 0.00823. The van der Waals surface area contributed by atoms with Crippen molar-refractivity contribution in [2.24, 2.45) is 40.4 Å². The number of hydrogen-bond donors (Lipinski definition) is 3. The van der Waals surface area contributed by atoms with Crippen LogP contribution in [0.5, 0.6) is 0 Å². The maximum Gasteiger partial charge on any atom is 0.322 e. The van der Waals surface area contributed by atoms with Crippen LogP contribution in [0.15, 0.2) is 0 Å². The topological polar surface area (TPSA) is 78.4 Å². The number of nitrogens with one attached hydrogen (secondary N) is 2. The molecule has 1 amide bonds. The second-order valence-electron chi connectivity index (χ2n) is 12.4. The van der Waals surface area contributed by atoms with Crippen LogP contribution in [0, 0.1) is 40.4 Å². The van der Waals surface area contributed by atoms with Gasteiger partial charge in [-0.15, -0.1) is 0 Å². The van der Waals surface area contributed by atoms with Crippen molar-refractivity contribution in [1.82, 2.24) is 10.6 Å². The van der Waals surface area contributed by atoms with Gasteiger partial charge in [-0.3, -0.25) is 9.59 Å². The zero-order valence-electron chi connectivity index (χ0n) is 23.3. The Labute approximate surface area is 215 Å². The first-order valence-electron chi connectivity index (χ1n) is 15.0. The zero-order valence-corrected chi connectivity index (χ0v) is 23.3. The Kier molecular flexibility index (Phi) is 10.1. The first-order chi connectivity index (χ1) is 16.8. The molecule has 8 atom stereocenters. The van der Waals surface area contributed by atoms with Crippen LogP contribution in [-0.2, 0) is 9.59 Å². The van der Waals surface area contributed by atoms with Gasteiger partial charge in [-0.2, -0.15) is 0 Å². The van der Waals surface area contributed by atoms with Gasteiger partial charge in [-0.05, 0) is 111 Å². The maximum absolute atomic E-state index is 12.3. The molecule has 35 heavy (non-hydrogen) atoms. The second kappa shape index (κ2) is 12.4. The van der Waals surface area contributed by atoms with E-state index in [0.717, 1.165) is 42.4 Å². The lowest BCUT2D eigenvalue weighted by molar-refractivity contribution is -0.139. The molecule has 4 fully saturated rings. The standard InChI is InChI=1S/C28H48N2O3.C2H6/c1-4-29-24(26(32)33)18-30-25(31)10-7-9-20-12-14-22-21-13-11-19-8-5-6-16-27(19,2)23(21)15-17-28(20,22)3;1-2/h19-24,29H,4-18H2,1-3H3,(H,30,31)(H,32,33);1-2H3. The molecule has 4 aliphatic rings. The van der Waals surface area contributed by atoms with Gasteiger partial charge in [-0.25, -0.2) is 0 Å². The average molecular weight is 491 g/mol. The smallest absolute Gasteiger partial charge is 0.322 e. The van der Waals surface area contributed by atoms with Crippen LogP contribution in [0.2, 0.25) is 0 Å². The minimum atomic E-state index is -0.909. The molecular formula is C30H54N2O3. The minimum Gasteiger partial charge on any atom is -0.480 e. The zero-order chi connectivity index (χ0) is 25.6. The molecule has 202 valence electrons. The van der Waals surface area contributed by atoms with Gasteiger partial charge in [0.25, 0.3) is 0 Å². The molecule has 0 bridgehead atoms. The van der Waals surface area contributed by atoms with Crippen LogP contribution in [0.25, 0.3) is 0 Å². The molecule has 0 aromatic heterocycles. The molecule has 3 N–H and O–H groups in total. The molecule has 4 rings (SSSR count). The van der Waals surface area contributed by atoms with Gasteiger partial charge in [0.2, 0.25) is 5.91 Å². The Bertz CT molecular complexity index is 712. The molecule has 4 saturated carbocycles. The molecule has 5 nitrogen and oxygen atoms in total. The number of hydrogen-bond acceptors (Lipinski definition) is 3. The highest BCUT2D eigenvalue weighted by Crippen LogP contribution is 2.67. The molecule has 0 heterocycles. The molecule has 0 aliphatic heterocycles. The van der Waals surface area contributed by atoms with Crippen molar-refractivity contribution in [2.45, 2.75) is 124 Å². The van der Waals surface area contributed by atoms with Crippen molar-refractivity contribution < 1.29 is 14.7 Å². The summed E-state index contributed by atoms with van der Waals surface area (Å²) in [6, 6.07) is -0.704. The third kappa shape index (κ3) is 5.91. The lowest BCUT2D eigenvalue weighted by Gasteiger charge is -2.60. The summed E-state index contributed by atoms with van der Waals surface area (Å²) < 4.78 is 0. The van der Waals surface area contributed by atoms with Crippen LogP contribution < -0.4 is 10.6 Å². The molecular weight excluding hydrogens is 436 g/mol. The number of likely N-dealkylation sites (N-methyl/N-ethyl adjacent to an activating group) is 1. The highest BCUT2D eigenvalue weighted by Gasteiger charge is 2.59. The summed E-state index contributed by atoms with van der Waals surface area (Å²) in [7, 11) is 0.